The molecule has 10 atom stereocenters. The van der Waals surface area contributed by atoms with Gasteiger partial charge in [0.2, 0.25) is 5.91 Å². The summed E-state index contributed by atoms with van der Waals surface area (Å²) in [6, 6.07) is 9.16. The fourth-order valence-electron chi connectivity index (χ4n) is 10.2. The molecule has 4 saturated carbocycles. The predicted octanol–water partition coefficient (Wildman–Crippen LogP) is 6.11. The van der Waals surface area contributed by atoms with Gasteiger partial charge in [0.25, 0.3) is 0 Å². The number of amides is 3. The second kappa shape index (κ2) is 13.3. The number of aliphatic hydroxyl groups is 2. The molecule has 5 N–H and O–H groups in total. The van der Waals surface area contributed by atoms with Crippen LogP contribution in [-0.2, 0) is 4.79 Å². The van der Waals surface area contributed by atoms with E-state index in [4.69, 9.17) is 0 Å². The van der Waals surface area contributed by atoms with E-state index >= 15 is 0 Å². The van der Waals surface area contributed by atoms with Crippen LogP contribution in [0.2, 0.25) is 0 Å². The predicted molar refractivity (Wildman–Crippen MR) is 167 cm³/mol. The standard InChI is InChI=1S/C35H55N3O4/c1-23(11-16-32(41)36-19-7-8-20-37-33(42)38-25-9-5-4-6-10-25)28-14-15-29-27-13-12-24-21-26(39)17-18-34(24,2)30(27)22-31(40)35(28,29)3/h4-6,9-10,23-24,26-31,39-40H,7-8,11-22H2,1-3H3,(H,36,41)(H2,37,38,42)/t23-,24-,26-,27+,28-,29+,30+,31+,34+,35-/m1/s1. The minimum absolute atomic E-state index is 0.0613. The highest BCUT2D eigenvalue weighted by Gasteiger charge is 2.63. The topological polar surface area (TPSA) is 111 Å². The van der Waals surface area contributed by atoms with Gasteiger partial charge in [0.05, 0.1) is 12.2 Å². The van der Waals surface area contributed by atoms with E-state index in [9.17, 15) is 19.8 Å². The molecular formula is C35H55N3O4. The van der Waals surface area contributed by atoms with Crippen LogP contribution >= 0.6 is 0 Å². The number of hydrogen-bond donors (Lipinski definition) is 5. The summed E-state index contributed by atoms with van der Waals surface area (Å²) >= 11 is 0. The van der Waals surface area contributed by atoms with Gasteiger partial charge in [-0.15, -0.1) is 0 Å². The van der Waals surface area contributed by atoms with Gasteiger partial charge in [0.15, 0.2) is 0 Å². The number of unbranched alkanes of at least 4 members (excludes halogenated alkanes) is 1. The molecule has 0 heterocycles. The Kier molecular flexibility index (Phi) is 9.88. The van der Waals surface area contributed by atoms with Crippen molar-refractivity contribution in [1.29, 1.82) is 0 Å². The van der Waals surface area contributed by atoms with Crippen molar-refractivity contribution in [2.45, 2.75) is 110 Å². The largest absolute Gasteiger partial charge is 0.393 e. The second-order valence-corrected chi connectivity index (χ2v) is 14.7. The zero-order valence-corrected chi connectivity index (χ0v) is 26.1. The number of benzene rings is 1. The maximum absolute atomic E-state index is 12.7. The number of carbonyl (C=O) groups is 2. The van der Waals surface area contributed by atoms with Gasteiger partial charge in [-0.1, -0.05) is 39.0 Å². The number of aliphatic hydroxyl groups excluding tert-OH is 2. The number of anilines is 1. The minimum Gasteiger partial charge on any atom is -0.393 e. The van der Waals surface area contributed by atoms with Crippen molar-refractivity contribution in [1.82, 2.24) is 10.6 Å². The molecule has 0 saturated heterocycles. The van der Waals surface area contributed by atoms with Crippen LogP contribution < -0.4 is 16.0 Å². The first kappa shape index (κ1) is 31.3. The van der Waals surface area contributed by atoms with E-state index in [0.717, 1.165) is 57.1 Å². The molecule has 0 aliphatic heterocycles. The van der Waals surface area contributed by atoms with Crippen LogP contribution in [0, 0.1) is 46.3 Å². The van der Waals surface area contributed by atoms with Gasteiger partial charge in [-0.3, -0.25) is 4.79 Å². The molecule has 4 aliphatic carbocycles. The van der Waals surface area contributed by atoms with Crippen LogP contribution in [0.1, 0.15) is 97.8 Å². The SMILES string of the molecule is C[C@H](CCC(=O)NCCCCNC(=O)Nc1ccccc1)[C@H]1CC[C@H]2[C@@H]3CC[C@@H]4C[C@H](O)CC[C@]4(C)[C@H]3C[C@H](O)[C@]12C. The van der Waals surface area contributed by atoms with Gasteiger partial charge < -0.3 is 26.2 Å². The molecule has 7 heteroatoms. The summed E-state index contributed by atoms with van der Waals surface area (Å²) in [4.78, 5) is 24.6. The molecule has 1 aromatic rings. The lowest BCUT2D eigenvalue weighted by Crippen LogP contribution is -2.58. The first-order chi connectivity index (χ1) is 20.1. The molecule has 5 rings (SSSR count). The fraction of sp³-hybridized carbons (Fsp3) is 0.771. The van der Waals surface area contributed by atoms with Crippen LogP contribution in [0.4, 0.5) is 10.5 Å². The van der Waals surface area contributed by atoms with E-state index in [1.165, 1.54) is 19.3 Å². The van der Waals surface area contributed by atoms with Crippen LogP contribution in [-0.4, -0.2) is 47.4 Å². The molecule has 0 bridgehead atoms. The molecule has 7 nitrogen and oxygen atoms in total. The van der Waals surface area contributed by atoms with Crippen LogP contribution in [0.3, 0.4) is 0 Å². The Morgan fingerprint density at radius 1 is 0.929 bits per heavy atom. The lowest BCUT2D eigenvalue weighted by atomic mass is 9.43. The Labute approximate surface area is 253 Å². The number of para-hydroxylation sites is 1. The maximum atomic E-state index is 12.7. The third kappa shape index (κ3) is 6.38. The van der Waals surface area contributed by atoms with E-state index in [-0.39, 0.29) is 35.0 Å². The second-order valence-electron chi connectivity index (χ2n) is 14.7. The van der Waals surface area contributed by atoms with Gasteiger partial charge in [-0.2, -0.15) is 0 Å². The summed E-state index contributed by atoms with van der Waals surface area (Å²) in [5.74, 6) is 3.40. The summed E-state index contributed by atoms with van der Waals surface area (Å²) < 4.78 is 0. The molecule has 4 aliphatic rings. The zero-order valence-electron chi connectivity index (χ0n) is 26.1. The van der Waals surface area contributed by atoms with Gasteiger partial charge in [0, 0.05) is 25.2 Å². The summed E-state index contributed by atoms with van der Waals surface area (Å²) in [7, 11) is 0. The molecule has 4 fully saturated rings. The van der Waals surface area contributed by atoms with Crippen molar-refractivity contribution in [3.05, 3.63) is 30.3 Å². The normalized spacial score (nSPS) is 38.0. The lowest BCUT2D eigenvalue weighted by molar-refractivity contribution is -0.174. The average molecular weight is 582 g/mol. The van der Waals surface area contributed by atoms with Gasteiger partial charge in [-0.25, -0.2) is 4.79 Å². The Morgan fingerprint density at radius 3 is 2.43 bits per heavy atom. The van der Waals surface area contributed by atoms with Crippen molar-refractivity contribution >= 4 is 17.6 Å². The molecule has 0 spiro atoms. The summed E-state index contributed by atoms with van der Waals surface area (Å²) in [6.07, 6.45) is 11.3. The van der Waals surface area contributed by atoms with Crippen LogP contribution in [0.25, 0.3) is 0 Å². The van der Waals surface area contributed by atoms with Gasteiger partial charge in [0.1, 0.15) is 0 Å². The molecule has 234 valence electrons. The van der Waals surface area contributed by atoms with Crippen molar-refractivity contribution in [2.75, 3.05) is 18.4 Å². The van der Waals surface area contributed by atoms with Crippen molar-refractivity contribution < 1.29 is 19.8 Å². The Hall–Kier alpha value is -2.12. The fourth-order valence-corrected chi connectivity index (χ4v) is 10.2. The third-order valence-corrected chi connectivity index (χ3v) is 12.6. The Morgan fingerprint density at radius 2 is 1.67 bits per heavy atom. The smallest absolute Gasteiger partial charge is 0.319 e. The molecule has 0 unspecified atom stereocenters. The number of rotatable bonds is 10. The Balaban J connectivity index is 1.03. The zero-order chi connectivity index (χ0) is 29.9. The van der Waals surface area contributed by atoms with E-state index < -0.39 is 0 Å². The number of urea groups is 1. The van der Waals surface area contributed by atoms with E-state index in [2.05, 4.69) is 36.7 Å². The van der Waals surface area contributed by atoms with Crippen molar-refractivity contribution in [2.24, 2.45) is 46.3 Å². The molecular weight excluding hydrogens is 526 g/mol. The molecule has 0 radical (unpaired) electrons. The van der Waals surface area contributed by atoms with E-state index in [1.54, 1.807) is 0 Å². The first-order valence-electron chi connectivity index (χ1n) is 16.9. The van der Waals surface area contributed by atoms with Crippen molar-refractivity contribution in [3.8, 4) is 0 Å². The number of fused-ring (bicyclic) bond motifs is 5. The molecule has 3 amide bonds. The number of hydrogen-bond acceptors (Lipinski definition) is 4. The molecule has 42 heavy (non-hydrogen) atoms. The highest BCUT2D eigenvalue weighted by Crippen LogP contribution is 2.68. The summed E-state index contributed by atoms with van der Waals surface area (Å²) in [5.41, 5.74) is 0.966. The highest BCUT2D eigenvalue weighted by atomic mass is 16.3. The monoisotopic (exact) mass is 581 g/mol. The lowest BCUT2D eigenvalue weighted by Gasteiger charge is -2.62. The quantitative estimate of drug-likeness (QED) is 0.215. The van der Waals surface area contributed by atoms with E-state index in [0.29, 0.717) is 55.0 Å². The number of nitrogens with one attached hydrogen (secondary N) is 3. The average Bonchev–Trinajstić information content (AvgIpc) is 3.34. The summed E-state index contributed by atoms with van der Waals surface area (Å²) in [6.45, 7) is 8.34. The Bertz CT molecular complexity index is 1070. The van der Waals surface area contributed by atoms with E-state index in [1.807, 2.05) is 30.3 Å². The number of carbonyl (C=O) groups excluding carboxylic acids is 2. The molecule has 1 aromatic carbocycles. The minimum atomic E-state index is -0.279. The highest BCUT2D eigenvalue weighted by molar-refractivity contribution is 5.89. The first-order valence-corrected chi connectivity index (χ1v) is 16.9. The maximum Gasteiger partial charge on any atom is 0.319 e. The van der Waals surface area contributed by atoms with Crippen molar-refractivity contribution in [3.63, 3.8) is 0 Å². The van der Waals surface area contributed by atoms with Crippen LogP contribution in [0.15, 0.2) is 30.3 Å². The van der Waals surface area contributed by atoms with Crippen LogP contribution in [0.5, 0.6) is 0 Å². The van der Waals surface area contributed by atoms with Gasteiger partial charge in [-0.05, 0) is 129 Å². The van der Waals surface area contributed by atoms with Gasteiger partial charge >= 0.3 is 6.03 Å². The molecule has 0 aromatic heterocycles. The summed E-state index contributed by atoms with van der Waals surface area (Å²) in [5, 5.41) is 30.8. The third-order valence-electron chi connectivity index (χ3n) is 12.6.